The first-order valence-corrected chi connectivity index (χ1v) is 10.5. The fraction of sp³-hybridized carbons (Fsp3) is 0. The van der Waals surface area contributed by atoms with Gasteiger partial charge in [-0.3, -0.25) is 4.79 Å². The number of hydrogen-bond donors (Lipinski definition) is 1. The first kappa shape index (κ1) is 20.4. The van der Waals surface area contributed by atoms with Crippen LogP contribution in [0.25, 0.3) is 17.4 Å². The summed E-state index contributed by atoms with van der Waals surface area (Å²) >= 11 is 25.2. The number of carbonyl (C=O) groups is 1. The highest BCUT2D eigenvalue weighted by atomic mass is 35.5. The van der Waals surface area contributed by atoms with E-state index in [-0.39, 0.29) is 5.91 Å². The minimum Gasteiger partial charge on any atom is -0.457 e. The molecule has 4 rings (SSSR count). The van der Waals surface area contributed by atoms with Crippen molar-refractivity contribution in [1.82, 2.24) is 5.32 Å². The summed E-state index contributed by atoms with van der Waals surface area (Å²) < 4.78 is 5.81. The van der Waals surface area contributed by atoms with Crippen LogP contribution < -0.4 is 5.32 Å². The third kappa shape index (κ3) is 4.65. The molecule has 0 aliphatic carbocycles. The third-order valence-corrected chi connectivity index (χ3v) is 6.07. The molecule has 29 heavy (non-hydrogen) atoms. The zero-order chi connectivity index (χ0) is 20.5. The Hall–Kier alpha value is -1.89. The van der Waals surface area contributed by atoms with Gasteiger partial charge in [0.25, 0.3) is 5.91 Å². The summed E-state index contributed by atoms with van der Waals surface area (Å²) in [6, 6.07) is 13.7. The first-order valence-electron chi connectivity index (χ1n) is 8.19. The maximum absolute atomic E-state index is 12.3. The molecular weight excluding hydrogens is 474 g/mol. The predicted octanol–water partition coefficient (Wildman–Crippen LogP) is 7.45. The number of rotatable bonds is 3. The second-order valence-corrected chi connectivity index (χ2v) is 8.60. The van der Waals surface area contributed by atoms with Crippen LogP contribution in [0.3, 0.4) is 0 Å². The maximum Gasteiger partial charge on any atom is 0.264 e. The monoisotopic (exact) mass is 482 g/mol. The van der Waals surface area contributed by atoms with Crippen molar-refractivity contribution >= 4 is 81.0 Å². The zero-order valence-electron chi connectivity index (χ0n) is 14.4. The van der Waals surface area contributed by atoms with Crippen molar-refractivity contribution in [2.75, 3.05) is 0 Å². The topological polar surface area (TPSA) is 54.6 Å². The lowest BCUT2D eigenvalue weighted by Gasteiger charge is -2.00. The highest BCUT2D eigenvalue weighted by Crippen LogP contribution is 2.34. The Morgan fingerprint density at radius 2 is 1.76 bits per heavy atom. The van der Waals surface area contributed by atoms with Crippen LogP contribution in [-0.2, 0) is 4.79 Å². The van der Waals surface area contributed by atoms with E-state index in [1.165, 1.54) is 11.8 Å². The molecule has 9 heteroatoms. The second-order valence-electron chi connectivity index (χ2n) is 5.91. The molecule has 1 aliphatic heterocycles. The molecule has 146 valence electrons. The van der Waals surface area contributed by atoms with Gasteiger partial charge in [0.2, 0.25) is 0 Å². The van der Waals surface area contributed by atoms with E-state index >= 15 is 0 Å². The largest absolute Gasteiger partial charge is 0.457 e. The second kappa shape index (κ2) is 8.46. The van der Waals surface area contributed by atoms with Crippen LogP contribution in [-0.4, -0.2) is 11.1 Å². The minimum absolute atomic E-state index is 0.272. The van der Waals surface area contributed by atoms with Gasteiger partial charge in [-0.25, -0.2) is 4.99 Å². The number of furan rings is 1. The molecular formula is C20H10Cl4N2O2S. The summed E-state index contributed by atoms with van der Waals surface area (Å²) in [5.74, 6) is 0.862. The van der Waals surface area contributed by atoms with Crippen molar-refractivity contribution in [2.45, 2.75) is 0 Å². The van der Waals surface area contributed by atoms with Crippen LogP contribution in [0.5, 0.6) is 0 Å². The Morgan fingerprint density at radius 1 is 0.931 bits per heavy atom. The van der Waals surface area contributed by atoms with Gasteiger partial charge in [-0.05, 0) is 60.3 Å². The van der Waals surface area contributed by atoms with E-state index in [1.807, 2.05) is 6.07 Å². The number of thioether (sulfide) groups is 1. The Labute approximate surface area is 190 Å². The summed E-state index contributed by atoms with van der Waals surface area (Å²) in [4.78, 5) is 17.1. The molecule has 1 aromatic heterocycles. The van der Waals surface area contributed by atoms with Crippen molar-refractivity contribution in [1.29, 1.82) is 0 Å². The lowest BCUT2D eigenvalue weighted by atomic mass is 10.2. The summed E-state index contributed by atoms with van der Waals surface area (Å²) in [5, 5.41) is 4.94. The zero-order valence-corrected chi connectivity index (χ0v) is 18.2. The molecule has 3 aromatic rings. The van der Waals surface area contributed by atoms with Gasteiger partial charge in [0, 0.05) is 16.7 Å². The van der Waals surface area contributed by atoms with E-state index < -0.39 is 0 Å². The van der Waals surface area contributed by atoms with Gasteiger partial charge < -0.3 is 9.73 Å². The quantitative estimate of drug-likeness (QED) is 0.393. The average molecular weight is 484 g/mol. The Morgan fingerprint density at radius 3 is 2.52 bits per heavy atom. The van der Waals surface area contributed by atoms with Crippen LogP contribution in [0.1, 0.15) is 5.76 Å². The number of hydrogen-bond acceptors (Lipinski definition) is 4. The van der Waals surface area contributed by atoms with Crippen LogP contribution >= 0.6 is 58.2 Å². The smallest absolute Gasteiger partial charge is 0.264 e. The molecule has 1 aliphatic rings. The Bertz CT molecular complexity index is 1190. The molecule has 1 saturated heterocycles. The highest BCUT2D eigenvalue weighted by molar-refractivity contribution is 8.18. The van der Waals surface area contributed by atoms with E-state index in [9.17, 15) is 4.79 Å². The SMILES string of the molecule is O=C1NC(=Nc2ccc(Cl)cc2Cl)S/C1=C/c1ccc(-c2ccc(Cl)c(Cl)c2)o1. The molecule has 4 nitrogen and oxygen atoms in total. The van der Waals surface area contributed by atoms with Crippen LogP contribution in [0.2, 0.25) is 20.1 Å². The van der Waals surface area contributed by atoms with Gasteiger partial charge in [-0.2, -0.15) is 0 Å². The van der Waals surface area contributed by atoms with Crippen LogP contribution in [0.15, 0.2) is 62.8 Å². The normalized spacial score (nSPS) is 16.6. The molecule has 0 spiro atoms. The molecule has 1 fully saturated rings. The molecule has 1 amide bonds. The fourth-order valence-electron chi connectivity index (χ4n) is 2.53. The number of carbonyl (C=O) groups excluding carboxylic acids is 1. The standard InChI is InChI=1S/C20H10Cl4N2O2S/c21-11-2-5-16(15(24)8-11)25-20-26-19(27)18(29-20)9-12-3-6-17(28-12)10-1-4-13(22)14(23)7-10/h1-9H,(H,25,26,27)/b18-9+. The molecule has 2 aromatic carbocycles. The number of nitrogens with one attached hydrogen (secondary N) is 1. The molecule has 1 N–H and O–H groups in total. The van der Waals surface area contributed by atoms with Crippen molar-refractivity contribution in [3.8, 4) is 11.3 Å². The predicted molar refractivity (Wildman–Crippen MR) is 121 cm³/mol. The van der Waals surface area contributed by atoms with Gasteiger partial charge in [0.15, 0.2) is 5.17 Å². The number of aliphatic imine (C=N–C) groups is 1. The van der Waals surface area contributed by atoms with E-state index in [2.05, 4.69) is 10.3 Å². The molecule has 2 heterocycles. The van der Waals surface area contributed by atoms with Gasteiger partial charge in [0.1, 0.15) is 11.5 Å². The number of amidine groups is 1. The summed E-state index contributed by atoms with van der Waals surface area (Å²) in [5.41, 5.74) is 1.30. The van der Waals surface area contributed by atoms with Crippen molar-refractivity contribution < 1.29 is 9.21 Å². The van der Waals surface area contributed by atoms with Crippen molar-refractivity contribution in [3.63, 3.8) is 0 Å². The van der Waals surface area contributed by atoms with Crippen molar-refractivity contribution in [3.05, 3.63) is 79.3 Å². The van der Waals surface area contributed by atoms with Gasteiger partial charge in [-0.15, -0.1) is 0 Å². The molecule has 0 radical (unpaired) electrons. The summed E-state index contributed by atoms with van der Waals surface area (Å²) in [7, 11) is 0. The van der Waals surface area contributed by atoms with E-state index in [0.717, 1.165) is 5.56 Å². The number of benzene rings is 2. The lowest BCUT2D eigenvalue weighted by molar-refractivity contribution is -0.115. The number of halogens is 4. The van der Waals surface area contributed by atoms with Crippen LogP contribution in [0, 0.1) is 0 Å². The molecule has 0 bridgehead atoms. The Kier molecular flexibility index (Phi) is 5.95. The Balaban J connectivity index is 1.56. The van der Waals surface area contributed by atoms with E-state index in [4.69, 9.17) is 50.8 Å². The van der Waals surface area contributed by atoms with Gasteiger partial charge >= 0.3 is 0 Å². The number of amides is 1. The minimum atomic E-state index is -0.272. The molecule has 0 saturated carbocycles. The molecule has 0 atom stereocenters. The third-order valence-electron chi connectivity index (χ3n) is 3.89. The summed E-state index contributed by atoms with van der Waals surface area (Å²) in [6.07, 6.45) is 1.65. The fourth-order valence-corrected chi connectivity index (χ4v) is 4.09. The van der Waals surface area contributed by atoms with Gasteiger partial charge in [0.05, 0.1) is 25.7 Å². The van der Waals surface area contributed by atoms with Crippen molar-refractivity contribution in [2.24, 2.45) is 4.99 Å². The highest BCUT2D eigenvalue weighted by Gasteiger charge is 2.24. The molecule has 0 unspecified atom stereocenters. The van der Waals surface area contributed by atoms with Gasteiger partial charge in [-0.1, -0.05) is 46.4 Å². The van der Waals surface area contributed by atoms with E-state index in [0.29, 0.717) is 47.4 Å². The maximum atomic E-state index is 12.3. The first-order chi connectivity index (χ1) is 13.9. The summed E-state index contributed by atoms with van der Waals surface area (Å²) in [6.45, 7) is 0. The van der Waals surface area contributed by atoms with Crippen LogP contribution in [0.4, 0.5) is 5.69 Å². The number of nitrogens with zero attached hydrogens (tertiary/aromatic N) is 1. The lowest BCUT2D eigenvalue weighted by Crippen LogP contribution is -2.19. The average Bonchev–Trinajstić information content (AvgIpc) is 3.27. The van der Waals surface area contributed by atoms with E-state index in [1.54, 1.807) is 48.5 Å².